The lowest BCUT2D eigenvalue weighted by Gasteiger charge is -2.12. The summed E-state index contributed by atoms with van der Waals surface area (Å²) in [6.07, 6.45) is 0.0711. The fourth-order valence-electron chi connectivity index (χ4n) is 4.55. The van der Waals surface area contributed by atoms with Crippen molar-refractivity contribution in [3.8, 4) is 23.2 Å². The fourth-order valence-corrected chi connectivity index (χ4v) is 4.55. The van der Waals surface area contributed by atoms with Gasteiger partial charge in [0.2, 0.25) is 5.88 Å². The van der Waals surface area contributed by atoms with Gasteiger partial charge in [-0.05, 0) is 54.1 Å². The van der Waals surface area contributed by atoms with Crippen molar-refractivity contribution >= 4 is 17.0 Å². The molecule has 8 nitrogen and oxygen atoms in total. The van der Waals surface area contributed by atoms with Crippen molar-refractivity contribution in [1.82, 2.24) is 14.5 Å². The SMILES string of the molecule is COCCn1c(Cc2cc(F)c(-c3cccc(OCc4ccc(C#N)cc4F)n3)c(F)c2)nc2ccc(C(=O)O)cc21. The summed E-state index contributed by atoms with van der Waals surface area (Å²) < 4.78 is 57.4. The zero-order valence-electron chi connectivity index (χ0n) is 22.3. The third-order valence-corrected chi connectivity index (χ3v) is 6.59. The Morgan fingerprint density at radius 3 is 2.48 bits per heavy atom. The van der Waals surface area contributed by atoms with E-state index in [2.05, 4.69) is 9.97 Å². The maximum absolute atomic E-state index is 15.3. The van der Waals surface area contributed by atoms with Crippen LogP contribution in [0.4, 0.5) is 13.2 Å². The molecule has 0 saturated carbocycles. The first-order valence-corrected chi connectivity index (χ1v) is 12.8. The number of fused-ring (bicyclic) bond motifs is 1. The highest BCUT2D eigenvalue weighted by Crippen LogP contribution is 2.29. The molecule has 5 aromatic rings. The average Bonchev–Trinajstić information content (AvgIpc) is 3.31. The summed E-state index contributed by atoms with van der Waals surface area (Å²) in [5.41, 5.74) is 1.52. The Labute approximate surface area is 238 Å². The van der Waals surface area contributed by atoms with Crippen molar-refractivity contribution < 1.29 is 32.5 Å². The fraction of sp³-hybridized carbons (Fsp3) is 0.161. The second-order valence-electron chi connectivity index (χ2n) is 9.36. The van der Waals surface area contributed by atoms with E-state index in [0.29, 0.717) is 35.6 Å². The summed E-state index contributed by atoms with van der Waals surface area (Å²) in [5, 5.41) is 18.3. The number of ether oxygens (including phenoxy) is 2. The first-order chi connectivity index (χ1) is 20.3. The van der Waals surface area contributed by atoms with Crippen LogP contribution in [0.3, 0.4) is 0 Å². The molecule has 1 N–H and O–H groups in total. The van der Waals surface area contributed by atoms with Gasteiger partial charge >= 0.3 is 5.97 Å². The molecule has 0 aliphatic heterocycles. The molecule has 0 spiro atoms. The van der Waals surface area contributed by atoms with Crippen LogP contribution in [0.1, 0.15) is 32.9 Å². The van der Waals surface area contributed by atoms with E-state index in [4.69, 9.17) is 14.7 Å². The average molecular weight is 573 g/mol. The van der Waals surface area contributed by atoms with Crippen LogP contribution in [0.15, 0.2) is 66.7 Å². The van der Waals surface area contributed by atoms with Gasteiger partial charge in [-0.3, -0.25) is 0 Å². The number of methoxy groups -OCH3 is 1. The van der Waals surface area contributed by atoms with Crippen molar-refractivity contribution in [3.63, 3.8) is 0 Å². The van der Waals surface area contributed by atoms with Gasteiger partial charge in [0.15, 0.2) is 0 Å². The summed E-state index contributed by atoms with van der Waals surface area (Å²) >= 11 is 0. The molecule has 0 atom stereocenters. The monoisotopic (exact) mass is 572 g/mol. The van der Waals surface area contributed by atoms with Crippen LogP contribution in [-0.2, 0) is 24.3 Å². The predicted molar refractivity (Wildman–Crippen MR) is 146 cm³/mol. The number of hydrogen-bond donors (Lipinski definition) is 1. The molecule has 11 heteroatoms. The topological polar surface area (TPSA) is 110 Å². The normalized spacial score (nSPS) is 11.0. The molecule has 0 radical (unpaired) electrons. The number of carboxylic acid groups (broad SMARTS) is 1. The number of imidazole rings is 1. The number of hydrogen-bond acceptors (Lipinski definition) is 6. The lowest BCUT2D eigenvalue weighted by atomic mass is 10.0. The maximum Gasteiger partial charge on any atom is 0.335 e. The second kappa shape index (κ2) is 12.1. The van der Waals surface area contributed by atoms with E-state index in [1.54, 1.807) is 10.6 Å². The Morgan fingerprint density at radius 2 is 1.79 bits per heavy atom. The van der Waals surface area contributed by atoms with E-state index in [0.717, 1.165) is 6.07 Å². The molecule has 212 valence electrons. The number of nitrogens with zero attached hydrogens (tertiary/aromatic N) is 4. The van der Waals surface area contributed by atoms with Gasteiger partial charge in [0.25, 0.3) is 0 Å². The highest BCUT2D eigenvalue weighted by Gasteiger charge is 2.19. The van der Waals surface area contributed by atoms with Gasteiger partial charge in [-0.25, -0.2) is 27.9 Å². The molecule has 5 rings (SSSR count). The van der Waals surface area contributed by atoms with Crippen molar-refractivity contribution in [2.24, 2.45) is 0 Å². The molecule has 0 fully saturated rings. The summed E-state index contributed by atoms with van der Waals surface area (Å²) in [5.74, 6) is -2.87. The van der Waals surface area contributed by atoms with E-state index >= 15 is 8.78 Å². The van der Waals surface area contributed by atoms with Crippen molar-refractivity contribution in [2.75, 3.05) is 13.7 Å². The van der Waals surface area contributed by atoms with E-state index in [-0.39, 0.29) is 46.9 Å². The number of aromatic carboxylic acids is 1. The van der Waals surface area contributed by atoms with Gasteiger partial charge in [-0.1, -0.05) is 12.1 Å². The van der Waals surface area contributed by atoms with Gasteiger partial charge in [0, 0.05) is 31.7 Å². The highest BCUT2D eigenvalue weighted by atomic mass is 19.1. The largest absolute Gasteiger partial charge is 0.478 e. The lowest BCUT2D eigenvalue weighted by molar-refractivity contribution is 0.0697. The zero-order valence-corrected chi connectivity index (χ0v) is 22.3. The maximum atomic E-state index is 15.3. The number of pyridine rings is 1. The number of carboxylic acids is 1. The van der Waals surface area contributed by atoms with Gasteiger partial charge < -0.3 is 19.1 Å². The quantitative estimate of drug-likeness (QED) is 0.222. The number of carbonyl (C=O) groups is 1. The smallest absolute Gasteiger partial charge is 0.335 e. The zero-order chi connectivity index (χ0) is 29.8. The minimum absolute atomic E-state index is 0.0112. The van der Waals surface area contributed by atoms with Gasteiger partial charge in [0.05, 0.1) is 46.1 Å². The van der Waals surface area contributed by atoms with Crippen LogP contribution in [0.25, 0.3) is 22.3 Å². The van der Waals surface area contributed by atoms with Gasteiger partial charge in [-0.2, -0.15) is 5.26 Å². The number of rotatable bonds is 10. The van der Waals surface area contributed by atoms with Gasteiger partial charge in [-0.15, -0.1) is 0 Å². The van der Waals surface area contributed by atoms with Crippen LogP contribution >= 0.6 is 0 Å². The third kappa shape index (κ3) is 5.94. The van der Waals surface area contributed by atoms with Crippen molar-refractivity contribution in [1.29, 1.82) is 5.26 Å². The first kappa shape index (κ1) is 28.3. The molecular formula is C31H23F3N4O4. The molecule has 0 aliphatic rings. The standard InChI is InChI=1S/C31H23F3N4O4/c1-41-10-9-38-27-15-20(31(39)40)7-8-25(27)36-28(38)14-19-12-23(33)30(24(34)13-19)26-3-2-4-29(37-26)42-17-21-6-5-18(16-35)11-22(21)32/h2-8,11-13,15H,9-10,14,17H2,1H3,(H,39,40). The van der Waals surface area contributed by atoms with Crippen LogP contribution < -0.4 is 4.74 Å². The van der Waals surface area contributed by atoms with Crippen molar-refractivity contribution in [2.45, 2.75) is 19.6 Å². The Balaban J connectivity index is 1.40. The molecule has 42 heavy (non-hydrogen) atoms. The molecule has 0 bridgehead atoms. The van der Waals surface area contributed by atoms with Crippen LogP contribution in [0.2, 0.25) is 0 Å². The molecule has 0 aliphatic carbocycles. The molecule has 0 amide bonds. The second-order valence-corrected chi connectivity index (χ2v) is 9.36. The summed E-state index contributed by atoms with van der Waals surface area (Å²) in [6, 6.07) is 17.2. The molecule has 0 saturated heterocycles. The molecular weight excluding hydrogens is 549 g/mol. The summed E-state index contributed by atoms with van der Waals surface area (Å²) in [7, 11) is 1.53. The molecule has 0 unspecified atom stereocenters. The Kier molecular flexibility index (Phi) is 8.17. The van der Waals surface area contributed by atoms with E-state index < -0.39 is 23.4 Å². The molecule has 3 aromatic carbocycles. The number of benzene rings is 3. The summed E-state index contributed by atoms with van der Waals surface area (Å²) in [6.45, 7) is 0.479. The van der Waals surface area contributed by atoms with Crippen molar-refractivity contribution in [3.05, 3.63) is 112 Å². The predicted octanol–water partition coefficient (Wildman–Crippen LogP) is 5.90. The van der Waals surface area contributed by atoms with E-state index in [1.807, 2.05) is 6.07 Å². The van der Waals surface area contributed by atoms with Crippen LogP contribution in [0, 0.1) is 28.8 Å². The van der Waals surface area contributed by atoms with E-state index in [9.17, 15) is 14.3 Å². The van der Waals surface area contributed by atoms with Gasteiger partial charge in [0.1, 0.15) is 29.9 Å². The Hall–Kier alpha value is -5.21. The number of aromatic nitrogens is 3. The lowest BCUT2D eigenvalue weighted by Crippen LogP contribution is -2.10. The first-order valence-electron chi connectivity index (χ1n) is 12.8. The third-order valence-electron chi connectivity index (χ3n) is 6.59. The number of nitriles is 1. The summed E-state index contributed by atoms with van der Waals surface area (Å²) in [4.78, 5) is 20.2. The molecule has 2 aromatic heterocycles. The Bertz CT molecular complexity index is 1830. The van der Waals surface area contributed by atoms with E-state index in [1.165, 1.54) is 61.7 Å². The van der Waals surface area contributed by atoms with Crippen LogP contribution in [-0.4, -0.2) is 39.3 Å². The Morgan fingerprint density at radius 1 is 1.00 bits per heavy atom. The minimum atomic E-state index is -1.08. The highest BCUT2D eigenvalue weighted by molar-refractivity contribution is 5.92. The molecule has 2 heterocycles. The minimum Gasteiger partial charge on any atom is -0.478 e. The number of halogens is 3. The van der Waals surface area contributed by atoms with Crippen LogP contribution in [0.5, 0.6) is 5.88 Å².